The lowest BCUT2D eigenvalue weighted by Crippen LogP contribution is -2.30. The van der Waals surface area contributed by atoms with Gasteiger partial charge in [0.05, 0.1) is 10.2 Å². The number of hydrogen-bond donors (Lipinski definition) is 2. The summed E-state index contributed by atoms with van der Waals surface area (Å²) >= 11 is 3.39. The maximum Gasteiger partial charge on any atom is 0.333 e. The third-order valence-electron chi connectivity index (χ3n) is 4.65. The van der Waals surface area contributed by atoms with Crippen LogP contribution in [0.15, 0.2) is 83.0 Å². The number of urea groups is 1. The summed E-state index contributed by atoms with van der Waals surface area (Å²) in [6.07, 6.45) is 1.55. The van der Waals surface area contributed by atoms with Crippen molar-refractivity contribution < 1.29 is 23.5 Å². The molecule has 1 aliphatic rings. The van der Waals surface area contributed by atoms with Crippen LogP contribution in [0.2, 0.25) is 0 Å². The molecular weight excluding hydrogens is 493 g/mol. The SMILES string of the molecule is O=C(COc1ccc(/C=C2/NC(=O)N(c3ccccc3)C2=O)cc1Br)Nc1ccc(F)cc1. The lowest BCUT2D eigenvalue weighted by atomic mass is 10.2. The van der Waals surface area contributed by atoms with Crippen molar-refractivity contribution in [1.82, 2.24) is 5.32 Å². The van der Waals surface area contributed by atoms with Crippen LogP contribution in [0.25, 0.3) is 6.08 Å². The molecule has 0 unspecified atom stereocenters. The number of anilines is 2. The first-order valence-corrected chi connectivity index (χ1v) is 10.6. The van der Waals surface area contributed by atoms with Crippen molar-refractivity contribution in [2.45, 2.75) is 0 Å². The largest absolute Gasteiger partial charge is 0.483 e. The summed E-state index contributed by atoms with van der Waals surface area (Å²) < 4.78 is 19.0. The highest BCUT2D eigenvalue weighted by Crippen LogP contribution is 2.28. The van der Waals surface area contributed by atoms with E-state index < -0.39 is 23.7 Å². The highest BCUT2D eigenvalue weighted by Gasteiger charge is 2.34. The van der Waals surface area contributed by atoms with E-state index in [1.807, 2.05) is 0 Å². The Labute approximate surface area is 197 Å². The van der Waals surface area contributed by atoms with E-state index in [2.05, 4.69) is 26.6 Å². The first-order valence-electron chi connectivity index (χ1n) is 9.80. The Balaban J connectivity index is 1.40. The Bertz CT molecular complexity index is 1250. The van der Waals surface area contributed by atoms with Gasteiger partial charge in [-0.05, 0) is 76.1 Å². The molecule has 0 saturated carbocycles. The van der Waals surface area contributed by atoms with Gasteiger partial charge in [0, 0.05) is 5.69 Å². The van der Waals surface area contributed by atoms with Gasteiger partial charge in [-0.2, -0.15) is 0 Å². The van der Waals surface area contributed by atoms with Crippen LogP contribution in [-0.2, 0) is 9.59 Å². The van der Waals surface area contributed by atoms with Crippen molar-refractivity contribution in [2.75, 3.05) is 16.8 Å². The van der Waals surface area contributed by atoms with Gasteiger partial charge in [0.25, 0.3) is 11.8 Å². The molecule has 1 fully saturated rings. The van der Waals surface area contributed by atoms with E-state index in [1.165, 1.54) is 24.3 Å². The molecule has 0 aromatic heterocycles. The molecule has 166 valence electrons. The fourth-order valence-corrected chi connectivity index (χ4v) is 3.62. The topological polar surface area (TPSA) is 87.7 Å². The minimum Gasteiger partial charge on any atom is -0.483 e. The molecule has 3 aromatic carbocycles. The van der Waals surface area contributed by atoms with Crippen LogP contribution in [0.4, 0.5) is 20.6 Å². The van der Waals surface area contributed by atoms with Crippen LogP contribution in [0.1, 0.15) is 5.56 Å². The van der Waals surface area contributed by atoms with E-state index >= 15 is 0 Å². The second-order valence-corrected chi connectivity index (χ2v) is 7.85. The summed E-state index contributed by atoms with van der Waals surface area (Å²) in [7, 11) is 0. The predicted octanol–water partition coefficient (Wildman–Crippen LogP) is 4.70. The van der Waals surface area contributed by atoms with Crippen molar-refractivity contribution in [3.05, 3.63) is 94.3 Å². The molecule has 0 atom stereocenters. The minimum absolute atomic E-state index is 0.142. The Kier molecular flexibility index (Phi) is 6.50. The lowest BCUT2D eigenvalue weighted by Gasteiger charge is -2.11. The van der Waals surface area contributed by atoms with E-state index in [0.29, 0.717) is 27.2 Å². The summed E-state index contributed by atoms with van der Waals surface area (Å²) in [6.45, 7) is -0.253. The van der Waals surface area contributed by atoms with E-state index in [4.69, 9.17) is 4.74 Å². The van der Waals surface area contributed by atoms with Gasteiger partial charge in [-0.1, -0.05) is 24.3 Å². The van der Waals surface area contributed by atoms with Crippen LogP contribution < -0.4 is 20.3 Å². The standard InChI is InChI=1S/C24H17BrFN3O4/c25-19-12-15(13-20-23(31)29(24(32)28-20)18-4-2-1-3-5-18)6-11-21(19)33-14-22(30)27-17-9-7-16(26)8-10-17/h1-13H,14H2,(H,27,30)(H,28,32)/b20-13+. The summed E-state index contributed by atoms with van der Waals surface area (Å²) in [4.78, 5) is 38.1. The van der Waals surface area contributed by atoms with E-state index in [1.54, 1.807) is 54.6 Å². The van der Waals surface area contributed by atoms with Gasteiger partial charge in [0.1, 0.15) is 17.3 Å². The highest BCUT2D eigenvalue weighted by atomic mass is 79.9. The van der Waals surface area contributed by atoms with Gasteiger partial charge in [-0.3, -0.25) is 9.59 Å². The molecule has 4 rings (SSSR count). The number of nitrogens with zero attached hydrogens (tertiary/aromatic N) is 1. The van der Waals surface area contributed by atoms with Gasteiger partial charge < -0.3 is 15.4 Å². The Morgan fingerprint density at radius 1 is 1.06 bits per heavy atom. The minimum atomic E-state index is -0.524. The Morgan fingerprint density at radius 3 is 2.48 bits per heavy atom. The predicted molar refractivity (Wildman–Crippen MR) is 125 cm³/mol. The zero-order valence-electron chi connectivity index (χ0n) is 17.0. The number of para-hydroxylation sites is 1. The summed E-state index contributed by atoms with van der Waals surface area (Å²) in [5, 5.41) is 5.18. The zero-order chi connectivity index (χ0) is 23.4. The maximum absolute atomic E-state index is 12.9. The molecule has 33 heavy (non-hydrogen) atoms. The van der Waals surface area contributed by atoms with E-state index in [-0.39, 0.29) is 12.3 Å². The molecule has 7 nitrogen and oxygen atoms in total. The fourth-order valence-electron chi connectivity index (χ4n) is 3.11. The quantitative estimate of drug-likeness (QED) is 0.372. The zero-order valence-corrected chi connectivity index (χ0v) is 18.6. The van der Waals surface area contributed by atoms with Crippen LogP contribution >= 0.6 is 15.9 Å². The second kappa shape index (κ2) is 9.66. The molecule has 0 radical (unpaired) electrons. The van der Waals surface area contributed by atoms with Gasteiger partial charge in [-0.15, -0.1) is 0 Å². The Hall–Kier alpha value is -3.98. The number of imide groups is 1. The van der Waals surface area contributed by atoms with Gasteiger partial charge in [0.15, 0.2) is 6.61 Å². The molecule has 1 heterocycles. The molecular formula is C24H17BrFN3O4. The average molecular weight is 510 g/mol. The van der Waals surface area contributed by atoms with Gasteiger partial charge >= 0.3 is 6.03 Å². The van der Waals surface area contributed by atoms with Crippen LogP contribution in [-0.4, -0.2) is 24.5 Å². The average Bonchev–Trinajstić information content (AvgIpc) is 3.08. The number of ether oxygens (including phenoxy) is 1. The second-order valence-electron chi connectivity index (χ2n) is 7.00. The number of carbonyl (C=O) groups excluding carboxylic acids is 3. The fraction of sp³-hybridized carbons (Fsp3) is 0.0417. The first kappa shape index (κ1) is 22.2. The number of hydrogen-bond acceptors (Lipinski definition) is 4. The van der Waals surface area contributed by atoms with Gasteiger partial charge in [0.2, 0.25) is 0 Å². The van der Waals surface area contributed by atoms with Crippen molar-refractivity contribution in [3.8, 4) is 5.75 Å². The van der Waals surface area contributed by atoms with Crippen LogP contribution in [0.3, 0.4) is 0 Å². The molecule has 3 aromatic rings. The monoisotopic (exact) mass is 509 g/mol. The number of halogens is 2. The molecule has 1 aliphatic heterocycles. The molecule has 2 N–H and O–H groups in total. The number of carbonyl (C=O) groups is 3. The third kappa shape index (κ3) is 5.27. The van der Waals surface area contributed by atoms with Crippen molar-refractivity contribution in [2.24, 2.45) is 0 Å². The summed E-state index contributed by atoms with van der Waals surface area (Å²) in [6, 6.07) is 18.5. The lowest BCUT2D eigenvalue weighted by molar-refractivity contribution is -0.118. The smallest absolute Gasteiger partial charge is 0.333 e. The van der Waals surface area contributed by atoms with Crippen molar-refractivity contribution >= 4 is 51.2 Å². The van der Waals surface area contributed by atoms with E-state index in [9.17, 15) is 18.8 Å². The number of nitrogens with one attached hydrogen (secondary N) is 2. The van der Waals surface area contributed by atoms with Crippen LogP contribution in [0, 0.1) is 5.82 Å². The molecule has 0 aliphatic carbocycles. The summed E-state index contributed by atoms with van der Waals surface area (Å²) in [5.41, 5.74) is 1.72. The Morgan fingerprint density at radius 2 is 1.79 bits per heavy atom. The molecule has 4 amide bonds. The van der Waals surface area contributed by atoms with Crippen molar-refractivity contribution in [1.29, 1.82) is 0 Å². The van der Waals surface area contributed by atoms with Crippen LogP contribution in [0.5, 0.6) is 5.75 Å². The molecule has 0 bridgehead atoms. The van der Waals surface area contributed by atoms with E-state index in [0.717, 1.165) is 4.90 Å². The molecule has 1 saturated heterocycles. The molecule has 0 spiro atoms. The normalized spacial score (nSPS) is 14.4. The molecule has 9 heteroatoms. The van der Waals surface area contributed by atoms with Crippen molar-refractivity contribution in [3.63, 3.8) is 0 Å². The highest BCUT2D eigenvalue weighted by molar-refractivity contribution is 9.10. The summed E-state index contributed by atoms with van der Waals surface area (Å²) in [5.74, 6) is -0.839. The first-order chi connectivity index (χ1) is 15.9. The number of rotatable bonds is 6. The maximum atomic E-state index is 12.9. The number of amides is 4. The van der Waals surface area contributed by atoms with Gasteiger partial charge in [-0.25, -0.2) is 14.1 Å². The third-order valence-corrected chi connectivity index (χ3v) is 5.27. The number of benzene rings is 3.